The van der Waals surface area contributed by atoms with Crippen LogP contribution in [0.5, 0.6) is 0 Å². The van der Waals surface area contributed by atoms with Crippen molar-refractivity contribution in [2.24, 2.45) is 39.5 Å². The van der Waals surface area contributed by atoms with Gasteiger partial charge in [-0.2, -0.15) is 0 Å². The first-order valence-corrected chi connectivity index (χ1v) is 7.35. The molecule has 0 N–H and O–H groups in total. The topological polar surface area (TPSA) is 12.4 Å². The van der Waals surface area contributed by atoms with E-state index in [9.17, 15) is 0 Å². The van der Waals surface area contributed by atoms with Crippen LogP contribution in [-0.4, -0.2) is 12.8 Å². The molecule has 0 aliphatic heterocycles. The molecule has 0 unspecified atom stereocenters. The van der Waals surface area contributed by atoms with Crippen molar-refractivity contribution in [1.29, 1.82) is 0 Å². The van der Waals surface area contributed by atoms with Crippen LogP contribution >= 0.6 is 0 Å². The molecule has 0 aromatic carbocycles. The van der Waals surface area contributed by atoms with Gasteiger partial charge < -0.3 is 0 Å². The second-order valence-corrected chi connectivity index (χ2v) is 8.01. The van der Waals surface area contributed by atoms with Gasteiger partial charge in [0, 0.05) is 0 Å². The first-order valence-electron chi connectivity index (χ1n) is 7.35. The minimum atomic E-state index is 0.458. The van der Waals surface area contributed by atoms with E-state index in [1.165, 1.54) is 25.7 Å². The van der Waals surface area contributed by atoms with Gasteiger partial charge in [-0.3, -0.25) is 4.99 Å². The van der Waals surface area contributed by atoms with Crippen molar-refractivity contribution >= 4 is 6.72 Å². The molecule has 4 rings (SSSR count). The Bertz CT molecular complexity index is 347. The van der Waals surface area contributed by atoms with Crippen molar-refractivity contribution in [1.82, 2.24) is 0 Å². The van der Waals surface area contributed by atoms with Crippen LogP contribution in [-0.2, 0) is 0 Å². The summed E-state index contributed by atoms with van der Waals surface area (Å²) in [7, 11) is 0. The van der Waals surface area contributed by atoms with Gasteiger partial charge in [0.15, 0.2) is 0 Å². The zero-order valence-electron chi connectivity index (χ0n) is 11.9. The zero-order chi connectivity index (χ0) is 12.4. The molecule has 0 amide bonds. The molecule has 4 saturated carbocycles. The summed E-state index contributed by atoms with van der Waals surface area (Å²) in [5, 5.41) is 0. The highest BCUT2D eigenvalue weighted by molar-refractivity contribution is 5.27. The molecule has 4 bridgehead atoms. The molecule has 1 nitrogen and oxygen atoms in total. The molecule has 4 aliphatic rings. The average molecular weight is 233 g/mol. The minimum Gasteiger partial charge on any atom is -0.297 e. The fraction of sp³-hybridized carbons (Fsp3) is 0.938. The molecule has 17 heavy (non-hydrogen) atoms. The molecule has 0 aromatic heterocycles. The number of hydrogen-bond acceptors (Lipinski definition) is 1. The van der Waals surface area contributed by atoms with Crippen molar-refractivity contribution < 1.29 is 0 Å². The Morgan fingerprint density at radius 2 is 1.88 bits per heavy atom. The summed E-state index contributed by atoms with van der Waals surface area (Å²) < 4.78 is 0. The fourth-order valence-electron chi connectivity index (χ4n) is 5.95. The second-order valence-electron chi connectivity index (χ2n) is 8.01. The number of fused-ring (bicyclic) bond motifs is 1. The zero-order valence-corrected chi connectivity index (χ0v) is 11.9. The normalized spacial score (nSPS) is 56.5. The highest BCUT2D eigenvalue weighted by Gasteiger charge is 2.64. The van der Waals surface area contributed by atoms with Gasteiger partial charge in [0.05, 0.1) is 6.04 Å². The van der Waals surface area contributed by atoms with Crippen LogP contribution in [0, 0.1) is 34.5 Å². The Balaban J connectivity index is 1.97. The standard InChI is InChI=1S/C16H27N/c1-10(2)11-7-15(3)9-16(4)8-12(11)13(15)6-14(16)17-5/h10-14H,5-9H2,1-4H3/t11-,12-,13-,14-,15-,16+/m0/s1. The predicted octanol–water partition coefficient (Wildman–Crippen LogP) is 4.17. The molecule has 0 radical (unpaired) electrons. The van der Waals surface area contributed by atoms with E-state index in [0.29, 0.717) is 16.9 Å². The number of hydrogen-bond donors (Lipinski definition) is 0. The van der Waals surface area contributed by atoms with Gasteiger partial charge in [0.25, 0.3) is 0 Å². The van der Waals surface area contributed by atoms with Crippen molar-refractivity contribution in [2.45, 2.75) is 59.4 Å². The van der Waals surface area contributed by atoms with Crippen LogP contribution in [0.2, 0.25) is 0 Å². The van der Waals surface area contributed by atoms with Crippen LogP contribution in [0.3, 0.4) is 0 Å². The highest BCUT2D eigenvalue weighted by atomic mass is 14.8. The maximum atomic E-state index is 4.45. The van der Waals surface area contributed by atoms with E-state index >= 15 is 0 Å². The van der Waals surface area contributed by atoms with Crippen molar-refractivity contribution in [3.63, 3.8) is 0 Å². The Morgan fingerprint density at radius 1 is 1.18 bits per heavy atom. The molecule has 4 fully saturated rings. The Kier molecular flexibility index (Phi) is 2.32. The van der Waals surface area contributed by atoms with Gasteiger partial charge in [-0.25, -0.2) is 0 Å². The molecular weight excluding hydrogens is 206 g/mol. The van der Waals surface area contributed by atoms with E-state index in [1.807, 2.05) is 0 Å². The number of nitrogens with zero attached hydrogens (tertiary/aromatic N) is 1. The summed E-state index contributed by atoms with van der Waals surface area (Å²) in [4.78, 5) is 4.45. The van der Waals surface area contributed by atoms with Crippen LogP contribution < -0.4 is 0 Å². The molecule has 0 heterocycles. The molecule has 0 spiro atoms. The first-order chi connectivity index (χ1) is 7.89. The van der Waals surface area contributed by atoms with E-state index in [1.54, 1.807) is 0 Å². The van der Waals surface area contributed by atoms with Gasteiger partial charge in [-0.15, -0.1) is 0 Å². The molecule has 1 heteroatoms. The summed E-state index contributed by atoms with van der Waals surface area (Å²) in [6.07, 6.45) is 5.61. The summed E-state index contributed by atoms with van der Waals surface area (Å²) in [6, 6.07) is 0.544. The Morgan fingerprint density at radius 3 is 2.41 bits per heavy atom. The Hall–Kier alpha value is -0.330. The third-order valence-electron chi connectivity index (χ3n) is 6.53. The van der Waals surface area contributed by atoms with Crippen molar-refractivity contribution in [3.05, 3.63) is 0 Å². The smallest absolute Gasteiger partial charge is 0.0549 e. The van der Waals surface area contributed by atoms with Gasteiger partial charge in [0.2, 0.25) is 0 Å². The second kappa shape index (κ2) is 3.36. The number of rotatable bonds is 2. The summed E-state index contributed by atoms with van der Waals surface area (Å²) in [5.74, 6) is 3.75. The third kappa shape index (κ3) is 1.40. The maximum Gasteiger partial charge on any atom is 0.0549 e. The van der Waals surface area contributed by atoms with E-state index in [4.69, 9.17) is 0 Å². The van der Waals surface area contributed by atoms with Crippen LogP contribution in [0.1, 0.15) is 53.4 Å². The summed E-state index contributed by atoms with van der Waals surface area (Å²) in [6.45, 7) is 13.7. The van der Waals surface area contributed by atoms with E-state index in [0.717, 1.165) is 23.7 Å². The molecule has 6 atom stereocenters. The van der Waals surface area contributed by atoms with E-state index in [2.05, 4.69) is 39.4 Å². The highest BCUT2D eigenvalue weighted by Crippen LogP contribution is 2.70. The lowest BCUT2D eigenvalue weighted by molar-refractivity contribution is -0.0591. The van der Waals surface area contributed by atoms with Gasteiger partial charge >= 0.3 is 0 Å². The largest absolute Gasteiger partial charge is 0.297 e. The lowest BCUT2D eigenvalue weighted by Gasteiger charge is -2.57. The number of aliphatic imine (C=N–C) groups is 1. The minimum absolute atomic E-state index is 0.458. The van der Waals surface area contributed by atoms with Gasteiger partial charge in [-0.1, -0.05) is 27.7 Å². The van der Waals surface area contributed by atoms with Crippen molar-refractivity contribution in [3.8, 4) is 0 Å². The maximum absolute atomic E-state index is 4.45. The predicted molar refractivity (Wildman–Crippen MR) is 73.3 cm³/mol. The molecule has 0 aromatic rings. The van der Waals surface area contributed by atoms with Crippen LogP contribution in [0.4, 0.5) is 0 Å². The third-order valence-corrected chi connectivity index (χ3v) is 6.53. The first kappa shape index (κ1) is 11.7. The molecular formula is C16H27N. The SMILES string of the molecule is C=N[C@H]1C[C@H]2[C@H]3C[C@]1(C)C[C@]2(C)C[C@H]3C(C)C. The monoisotopic (exact) mass is 233 g/mol. The summed E-state index contributed by atoms with van der Waals surface area (Å²) in [5.41, 5.74) is 1.08. The average Bonchev–Trinajstić information content (AvgIpc) is 2.43. The lowest BCUT2D eigenvalue weighted by atomic mass is 9.49. The van der Waals surface area contributed by atoms with E-state index in [-0.39, 0.29) is 0 Å². The van der Waals surface area contributed by atoms with Gasteiger partial charge in [0.1, 0.15) is 0 Å². The quantitative estimate of drug-likeness (QED) is 0.635. The summed E-state index contributed by atoms with van der Waals surface area (Å²) >= 11 is 0. The molecule has 4 aliphatic carbocycles. The van der Waals surface area contributed by atoms with Crippen LogP contribution in [0.15, 0.2) is 4.99 Å². The fourth-order valence-corrected chi connectivity index (χ4v) is 5.95. The lowest BCUT2D eigenvalue weighted by Crippen LogP contribution is -2.52. The van der Waals surface area contributed by atoms with Gasteiger partial charge in [-0.05, 0) is 66.9 Å². The van der Waals surface area contributed by atoms with Crippen LogP contribution in [0.25, 0.3) is 0 Å². The molecule has 0 saturated heterocycles. The van der Waals surface area contributed by atoms with E-state index < -0.39 is 0 Å². The Labute approximate surface area is 106 Å². The van der Waals surface area contributed by atoms with Crippen molar-refractivity contribution in [2.75, 3.05) is 0 Å². The molecule has 96 valence electrons.